The highest BCUT2D eigenvalue weighted by atomic mass is 16.5. The van der Waals surface area contributed by atoms with Gasteiger partial charge in [0, 0.05) is 7.05 Å². The number of anilines is 1. The Kier molecular flexibility index (Phi) is 4.21. The van der Waals surface area contributed by atoms with Gasteiger partial charge in [-0.1, -0.05) is 5.21 Å². The number of ether oxygens (including phenoxy) is 1. The van der Waals surface area contributed by atoms with Gasteiger partial charge >= 0.3 is 0 Å². The maximum atomic E-state index is 8.73. The normalized spacial score (nSPS) is 11.2. The van der Waals surface area contributed by atoms with Gasteiger partial charge in [-0.05, 0) is 0 Å². The lowest BCUT2D eigenvalue weighted by Crippen LogP contribution is -2.13. The third-order valence-electron chi connectivity index (χ3n) is 3.13. The Hall–Kier alpha value is -2.59. The van der Waals surface area contributed by atoms with Crippen molar-refractivity contribution in [3.8, 4) is 0 Å². The summed E-state index contributed by atoms with van der Waals surface area (Å²) in [6.45, 7) is 0.908. The van der Waals surface area contributed by atoms with Crippen LogP contribution in [0.2, 0.25) is 0 Å². The molecule has 0 bridgehead atoms. The lowest BCUT2D eigenvalue weighted by Gasteiger charge is -2.07. The lowest BCUT2D eigenvalue weighted by molar-refractivity contribution is 0.0393. The smallest absolute Gasteiger partial charge is 0.163 e. The van der Waals surface area contributed by atoms with Crippen molar-refractivity contribution in [3.63, 3.8) is 0 Å². The van der Waals surface area contributed by atoms with Gasteiger partial charge in [0.25, 0.3) is 0 Å². The summed E-state index contributed by atoms with van der Waals surface area (Å²) in [5.74, 6) is 0.731. The number of aromatic nitrogens is 7. The Morgan fingerprint density at radius 3 is 3.00 bits per heavy atom. The van der Waals surface area contributed by atoms with E-state index in [1.807, 2.05) is 0 Å². The first-order chi connectivity index (χ1) is 10.8. The van der Waals surface area contributed by atoms with Crippen LogP contribution in [-0.2, 0) is 18.0 Å². The van der Waals surface area contributed by atoms with Gasteiger partial charge in [0.2, 0.25) is 0 Å². The summed E-state index contributed by atoms with van der Waals surface area (Å²) in [6, 6.07) is 0. The number of aliphatic hydroxyl groups is 1. The molecule has 0 saturated carbocycles. The Balaban J connectivity index is 1.83. The van der Waals surface area contributed by atoms with E-state index in [0.717, 1.165) is 22.5 Å². The van der Waals surface area contributed by atoms with Crippen LogP contribution >= 0.6 is 0 Å². The van der Waals surface area contributed by atoms with Crippen LogP contribution in [0.15, 0.2) is 18.7 Å². The molecule has 0 amide bonds. The Bertz CT molecular complexity index is 753. The van der Waals surface area contributed by atoms with Crippen molar-refractivity contribution >= 4 is 16.9 Å². The standard InChI is InChI=1S/C12H16N8O2/c1-13-11-10-5-17-19(12(10)15-7-14-11)6-9-4-16-18-20(9)8-22-3-2-21/h4-5,7,21H,2-3,6,8H2,1H3,(H,13,14,15). The van der Waals surface area contributed by atoms with Crippen molar-refractivity contribution in [2.45, 2.75) is 13.3 Å². The van der Waals surface area contributed by atoms with Crippen molar-refractivity contribution in [2.24, 2.45) is 0 Å². The van der Waals surface area contributed by atoms with Crippen LogP contribution in [0.25, 0.3) is 11.0 Å². The highest BCUT2D eigenvalue weighted by molar-refractivity contribution is 5.85. The van der Waals surface area contributed by atoms with Gasteiger partial charge in [0.1, 0.15) is 18.9 Å². The number of hydrogen-bond donors (Lipinski definition) is 2. The molecule has 3 aromatic heterocycles. The van der Waals surface area contributed by atoms with Gasteiger partial charge < -0.3 is 15.2 Å². The predicted octanol–water partition coefficient (Wildman–Crippen LogP) is -0.526. The minimum Gasteiger partial charge on any atom is -0.394 e. The molecule has 3 heterocycles. The van der Waals surface area contributed by atoms with Gasteiger partial charge in [-0.3, -0.25) is 0 Å². The van der Waals surface area contributed by atoms with Crippen molar-refractivity contribution in [2.75, 3.05) is 25.6 Å². The quantitative estimate of drug-likeness (QED) is 0.560. The maximum Gasteiger partial charge on any atom is 0.163 e. The minimum atomic E-state index is -0.0302. The fourth-order valence-corrected chi connectivity index (χ4v) is 2.09. The molecule has 116 valence electrons. The Morgan fingerprint density at radius 1 is 1.27 bits per heavy atom. The first-order valence-corrected chi connectivity index (χ1v) is 6.73. The van der Waals surface area contributed by atoms with E-state index in [-0.39, 0.29) is 19.9 Å². The SMILES string of the molecule is CNc1ncnc2c1cnn2Cc1cnnn1COCCO. The molecule has 0 aliphatic rings. The zero-order chi connectivity index (χ0) is 15.4. The van der Waals surface area contributed by atoms with Crippen LogP contribution < -0.4 is 5.32 Å². The van der Waals surface area contributed by atoms with Crippen LogP contribution in [0.3, 0.4) is 0 Å². The molecule has 0 aromatic carbocycles. The van der Waals surface area contributed by atoms with Crippen LogP contribution in [0, 0.1) is 0 Å². The van der Waals surface area contributed by atoms with Crippen molar-refractivity contribution in [1.29, 1.82) is 0 Å². The van der Waals surface area contributed by atoms with Gasteiger partial charge in [-0.25, -0.2) is 19.3 Å². The summed E-state index contributed by atoms with van der Waals surface area (Å²) in [7, 11) is 1.80. The van der Waals surface area contributed by atoms with Crippen LogP contribution in [0.1, 0.15) is 5.69 Å². The molecule has 0 aliphatic heterocycles. The molecule has 0 spiro atoms. The van der Waals surface area contributed by atoms with E-state index in [4.69, 9.17) is 9.84 Å². The van der Waals surface area contributed by atoms with Crippen LogP contribution in [0.4, 0.5) is 5.82 Å². The van der Waals surface area contributed by atoms with E-state index in [2.05, 4.69) is 30.7 Å². The van der Waals surface area contributed by atoms with Gasteiger partial charge in [0.05, 0.1) is 43.2 Å². The molecular weight excluding hydrogens is 288 g/mol. The maximum absolute atomic E-state index is 8.73. The second kappa shape index (κ2) is 6.45. The van der Waals surface area contributed by atoms with Crippen LogP contribution in [-0.4, -0.2) is 60.1 Å². The summed E-state index contributed by atoms with van der Waals surface area (Å²) >= 11 is 0. The van der Waals surface area contributed by atoms with Gasteiger partial charge in [-0.2, -0.15) is 5.10 Å². The predicted molar refractivity (Wildman–Crippen MR) is 77.0 cm³/mol. The summed E-state index contributed by atoms with van der Waals surface area (Å²) in [4.78, 5) is 8.42. The summed E-state index contributed by atoms with van der Waals surface area (Å²) in [6.07, 6.45) is 4.86. The number of aliphatic hydroxyl groups excluding tert-OH is 1. The topological polar surface area (TPSA) is 116 Å². The van der Waals surface area contributed by atoms with Crippen molar-refractivity contribution < 1.29 is 9.84 Å². The molecule has 3 aromatic rings. The third kappa shape index (κ3) is 2.73. The second-order valence-corrected chi connectivity index (χ2v) is 4.50. The minimum absolute atomic E-state index is 0.0302. The first kappa shape index (κ1) is 14.4. The molecule has 0 atom stereocenters. The zero-order valence-electron chi connectivity index (χ0n) is 12.0. The molecule has 10 nitrogen and oxygen atoms in total. The number of hydrogen-bond acceptors (Lipinski definition) is 8. The molecule has 0 aliphatic carbocycles. The van der Waals surface area contributed by atoms with E-state index in [9.17, 15) is 0 Å². The Labute approximate surface area is 125 Å². The Morgan fingerprint density at radius 2 is 2.18 bits per heavy atom. The third-order valence-corrected chi connectivity index (χ3v) is 3.13. The van der Waals surface area contributed by atoms with E-state index in [1.54, 1.807) is 28.8 Å². The molecule has 22 heavy (non-hydrogen) atoms. The molecule has 0 fully saturated rings. The second-order valence-electron chi connectivity index (χ2n) is 4.50. The highest BCUT2D eigenvalue weighted by Crippen LogP contribution is 2.18. The number of rotatable bonds is 7. The number of fused-ring (bicyclic) bond motifs is 1. The molecule has 0 saturated heterocycles. The molecule has 10 heteroatoms. The van der Waals surface area contributed by atoms with E-state index in [0.29, 0.717) is 6.54 Å². The lowest BCUT2D eigenvalue weighted by atomic mass is 10.4. The number of nitrogens with zero attached hydrogens (tertiary/aromatic N) is 7. The van der Waals surface area contributed by atoms with E-state index >= 15 is 0 Å². The first-order valence-electron chi connectivity index (χ1n) is 6.73. The monoisotopic (exact) mass is 304 g/mol. The zero-order valence-corrected chi connectivity index (χ0v) is 12.0. The molecule has 0 radical (unpaired) electrons. The fourth-order valence-electron chi connectivity index (χ4n) is 2.09. The van der Waals surface area contributed by atoms with Crippen molar-refractivity contribution in [1.82, 2.24) is 34.7 Å². The average molecular weight is 304 g/mol. The fraction of sp³-hybridized carbons (Fsp3) is 0.417. The molecule has 0 unspecified atom stereocenters. The number of nitrogens with one attached hydrogen (secondary N) is 1. The largest absolute Gasteiger partial charge is 0.394 e. The summed E-state index contributed by atoms with van der Waals surface area (Å²) in [5.41, 5.74) is 1.55. The molecular formula is C12H16N8O2. The molecule has 3 rings (SSSR count). The molecule has 2 N–H and O–H groups in total. The van der Waals surface area contributed by atoms with Gasteiger partial charge in [-0.15, -0.1) is 5.10 Å². The average Bonchev–Trinajstić information content (AvgIpc) is 3.15. The van der Waals surface area contributed by atoms with E-state index < -0.39 is 0 Å². The summed E-state index contributed by atoms with van der Waals surface area (Å²) in [5, 5.41) is 24.8. The van der Waals surface area contributed by atoms with E-state index in [1.165, 1.54) is 6.33 Å². The van der Waals surface area contributed by atoms with Gasteiger partial charge in [0.15, 0.2) is 5.65 Å². The summed E-state index contributed by atoms with van der Waals surface area (Å²) < 4.78 is 8.62. The van der Waals surface area contributed by atoms with Crippen molar-refractivity contribution in [3.05, 3.63) is 24.4 Å². The van der Waals surface area contributed by atoms with Crippen LogP contribution in [0.5, 0.6) is 0 Å². The highest BCUT2D eigenvalue weighted by Gasteiger charge is 2.11.